The molecule has 1 heterocycles. The van der Waals surface area contributed by atoms with E-state index in [1.807, 2.05) is 11.8 Å². The van der Waals surface area contributed by atoms with Crippen LogP contribution in [0.5, 0.6) is 0 Å². The molecule has 29 heavy (non-hydrogen) atoms. The molecule has 1 aliphatic rings. The van der Waals surface area contributed by atoms with Gasteiger partial charge in [0.1, 0.15) is 0 Å². The monoisotopic (exact) mass is 459 g/mol. The van der Waals surface area contributed by atoms with Gasteiger partial charge in [0.2, 0.25) is 5.91 Å². The number of aryl methyl sites for hydroxylation is 1. The Balaban J connectivity index is 0.00000300. The Bertz CT molecular complexity index is 946. The summed E-state index contributed by atoms with van der Waals surface area (Å²) in [5.74, 6) is -0.184. The molecule has 7 nitrogen and oxygen atoms in total. The van der Waals surface area contributed by atoms with E-state index in [1.54, 1.807) is 24.3 Å². The minimum Gasteiger partial charge on any atom is -0.379 e. The third-order valence-electron chi connectivity index (χ3n) is 4.30. The van der Waals surface area contributed by atoms with Gasteiger partial charge in [0.25, 0.3) is 10.0 Å². The molecule has 158 valence electrons. The molecule has 0 aromatic heterocycles. The maximum atomic E-state index is 12.6. The second-order valence-electron chi connectivity index (χ2n) is 6.55. The molecule has 2 aromatic rings. The lowest BCUT2D eigenvalue weighted by molar-refractivity contribution is -0.118. The number of sulfonamides is 1. The third-order valence-corrected chi connectivity index (χ3v) is 6.01. The molecule has 0 atom stereocenters. The lowest BCUT2D eigenvalue weighted by atomic mass is 10.2. The molecule has 1 fully saturated rings. The van der Waals surface area contributed by atoms with E-state index in [0.29, 0.717) is 32.0 Å². The van der Waals surface area contributed by atoms with Crippen molar-refractivity contribution in [2.45, 2.75) is 11.8 Å². The number of carbonyl (C=O) groups is 1. The zero-order chi connectivity index (χ0) is 20.1. The number of anilines is 2. The van der Waals surface area contributed by atoms with Gasteiger partial charge in [-0.1, -0.05) is 29.3 Å². The van der Waals surface area contributed by atoms with Crippen molar-refractivity contribution in [1.29, 1.82) is 0 Å². The van der Waals surface area contributed by atoms with Crippen LogP contribution in [0.25, 0.3) is 0 Å². The number of amides is 1. The second kappa shape index (κ2) is 10.3. The summed E-state index contributed by atoms with van der Waals surface area (Å²) in [6.45, 7) is 4.75. The Labute approximate surface area is 181 Å². The van der Waals surface area contributed by atoms with Gasteiger partial charge >= 0.3 is 0 Å². The van der Waals surface area contributed by atoms with Crippen LogP contribution in [0.15, 0.2) is 47.4 Å². The molecular formula is C19H23Cl2N3O4S. The second-order valence-corrected chi connectivity index (χ2v) is 8.64. The number of hydrogen-bond acceptors (Lipinski definition) is 5. The van der Waals surface area contributed by atoms with Crippen LogP contribution in [0.3, 0.4) is 0 Å². The Kier molecular flexibility index (Phi) is 8.30. The molecule has 0 saturated carbocycles. The van der Waals surface area contributed by atoms with Crippen molar-refractivity contribution in [1.82, 2.24) is 4.90 Å². The van der Waals surface area contributed by atoms with Gasteiger partial charge in [-0.3, -0.25) is 14.4 Å². The molecule has 3 rings (SSSR count). The number of nitrogens with zero attached hydrogens (tertiary/aromatic N) is 1. The fourth-order valence-corrected chi connectivity index (χ4v) is 4.06. The minimum atomic E-state index is -3.79. The van der Waals surface area contributed by atoms with E-state index in [4.69, 9.17) is 16.3 Å². The Morgan fingerprint density at radius 1 is 1.14 bits per heavy atom. The quantitative estimate of drug-likeness (QED) is 0.692. The van der Waals surface area contributed by atoms with Gasteiger partial charge < -0.3 is 10.1 Å². The van der Waals surface area contributed by atoms with Crippen LogP contribution in [-0.2, 0) is 19.6 Å². The summed E-state index contributed by atoms with van der Waals surface area (Å²) >= 11 is 6.15. The maximum Gasteiger partial charge on any atom is 0.261 e. The van der Waals surface area contributed by atoms with Crippen LogP contribution in [0.2, 0.25) is 5.02 Å². The standard InChI is InChI=1S/C19H22ClN3O4S.ClH/c1-14-2-5-16(6-3-14)28(25,26)22-18-12-15(4-7-17(18)20)21-19(24)13-23-8-10-27-11-9-23;/h2-7,12,22H,8-11,13H2,1H3,(H,21,24);1H. The molecule has 0 bridgehead atoms. The Hall–Kier alpha value is -1.84. The van der Waals surface area contributed by atoms with Crippen LogP contribution < -0.4 is 10.0 Å². The summed E-state index contributed by atoms with van der Waals surface area (Å²) in [7, 11) is -3.79. The number of hydrogen-bond donors (Lipinski definition) is 2. The number of ether oxygens (including phenoxy) is 1. The third kappa shape index (κ3) is 6.58. The molecule has 0 radical (unpaired) electrons. The summed E-state index contributed by atoms with van der Waals surface area (Å²) in [6.07, 6.45) is 0. The van der Waals surface area contributed by atoms with Gasteiger partial charge in [0.05, 0.1) is 35.4 Å². The largest absolute Gasteiger partial charge is 0.379 e. The number of morpholine rings is 1. The molecule has 2 aromatic carbocycles. The van der Waals surface area contributed by atoms with E-state index in [9.17, 15) is 13.2 Å². The first-order valence-corrected chi connectivity index (χ1v) is 10.7. The summed E-state index contributed by atoms with van der Waals surface area (Å²) in [5.41, 5.74) is 1.62. The van der Waals surface area contributed by atoms with E-state index in [2.05, 4.69) is 10.0 Å². The normalized spacial score (nSPS) is 14.7. The van der Waals surface area contributed by atoms with E-state index < -0.39 is 10.0 Å². The molecule has 1 saturated heterocycles. The highest BCUT2D eigenvalue weighted by Gasteiger charge is 2.17. The molecule has 1 aliphatic heterocycles. The van der Waals surface area contributed by atoms with Crippen LogP contribution in [0, 0.1) is 6.92 Å². The lowest BCUT2D eigenvalue weighted by Gasteiger charge is -2.25. The van der Waals surface area contributed by atoms with Crippen molar-refractivity contribution in [3.05, 3.63) is 53.1 Å². The van der Waals surface area contributed by atoms with Crippen molar-refractivity contribution in [2.75, 3.05) is 42.9 Å². The fraction of sp³-hybridized carbons (Fsp3) is 0.316. The predicted octanol–water partition coefficient (Wildman–Crippen LogP) is 3.14. The highest BCUT2D eigenvalue weighted by Crippen LogP contribution is 2.28. The Morgan fingerprint density at radius 3 is 2.45 bits per heavy atom. The molecule has 10 heteroatoms. The van der Waals surface area contributed by atoms with E-state index in [-0.39, 0.29) is 40.5 Å². The van der Waals surface area contributed by atoms with E-state index in [0.717, 1.165) is 5.56 Å². The van der Waals surface area contributed by atoms with Crippen LogP contribution in [0.4, 0.5) is 11.4 Å². The molecule has 0 aliphatic carbocycles. The molecule has 0 unspecified atom stereocenters. The lowest BCUT2D eigenvalue weighted by Crippen LogP contribution is -2.41. The predicted molar refractivity (Wildman–Crippen MR) is 117 cm³/mol. The zero-order valence-electron chi connectivity index (χ0n) is 15.9. The average Bonchev–Trinajstić information content (AvgIpc) is 2.65. The summed E-state index contributed by atoms with van der Waals surface area (Å²) < 4.78 is 32.9. The minimum absolute atomic E-state index is 0. The van der Waals surface area contributed by atoms with Crippen molar-refractivity contribution in [2.24, 2.45) is 0 Å². The first-order chi connectivity index (χ1) is 13.3. The van der Waals surface area contributed by atoms with Gasteiger partial charge in [-0.15, -0.1) is 12.4 Å². The van der Waals surface area contributed by atoms with Crippen LogP contribution in [0.1, 0.15) is 5.56 Å². The molecule has 1 amide bonds. The number of rotatable bonds is 6. The number of halogens is 2. The average molecular weight is 460 g/mol. The Morgan fingerprint density at radius 2 is 1.79 bits per heavy atom. The highest BCUT2D eigenvalue weighted by atomic mass is 35.5. The summed E-state index contributed by atoms with van der Waals surface area (Å²) in [4.78, 5) is 14.4. The fourth-order valence-electron chi connectivity index (χ4n) is 2.77. The van der Waals surface area contributed by atoms with Crippen LogP contribution >= 0.6 is 24.0 Å². The van der Waals surface area contributed by atoms with Crippen molar-refractivity contribution in [3.63, 3.8) is 0 Å². The van der Waals surface area contributed by atoms with Gasteiger partial charge in [0, 0.05) is 18.8 Å². The van der Waals surface area contributed by atoms with Crippen molar-refractivity contribution < 1.29 is 17.9 Å². The smallest absolute Gasteiger partial charge is 0.261 e. The first-order valence-electron chi connectivity index (χ1n) is 8.82. The molecule has 2 N–H and O–H groups in total. The highest BCUT2D eigenvalue weighted by molar-refractivity contribution is 7.92. The number of nitrogens with one attached hydrogen (secondary N) is 2. The molecular weight excluding hydrogens is 437 g/mol. The summed E-state index contributed by atoms with van der Waals surface area (Å²) in [6, 6.07) is 11.2. The summed E-state index contributed by atoms with van der Waals surface area (Å²) in [5, 5.41) is 3.01. The van der Waals surface area contributed by atoms with Gasteiger partial charge in [0.15, 0.2) is 0 Å². The van der Waals surface area contributed by atoms with Crippen molar-refractivity contribution >= 4 is 51.3 Å². The van der Waals surface area contributed by atoms with Gasteiger partial charge in [-0.25, -0.2) is 8.42 Å². The first kappa shape index (κ1) is 23.4. The topological polar surface area (TPSA) is 87.7 Å². The number of benzene rings is 2. The zero-order valence-corrected chi connectivity index (χ0v) is 18.2. The maximum absolute atomic E-state index is 12.6. The van der Waals surface area contributed by atoms with Crippen molar-refractivity contribution in [3.8, 4) is 0 Å². The SMILES string of the molecule is Cc1ccc(S(=O)(=O)Nc2cc(NC(=O)CN3CCOCC3)ccc2Cl)cc1.Cl. The van der Waals surface area contributed by atoms with Crippen LogP contribution in [-0.4, -0.2) is 52.1 Å². The number of carbonyl (C=O) groups excluding carboxylic acids is 1. The van der Waals surface area contributed by atoms with Gasteiger partial charge in [-0.2, -0.15) is 0 Å². The molecule has 0 spiro atoms. The van der Waals surface area contributed by atoms with E-state index in [1.165, 1.54) is 18.2 Å². The van der Waals surface area contributed by atoms with E-state index >= 15 is 0 Å². The van der Waals surface area contributed by atoms with Gasteiger partial charge in [-0.05, 0) is 37.3 Å².